The van der Waals surface area contributed by atoms with Crippen molar-refractivity contribution < 1.29 is 0 Å². The van der Waals surface area contributed by atoms with Crippen molar-refractivity contribution in [2.45, 2.75) is 19.8 Å². The third-order valence-electron chi connectivity index (χ3n) is 2.46. The van der Waals surface area contributed by atoms with E-state index >= 15 is 0 Å². The van der Waals surface area contributed by atoms with E-state index in [0.717, 1.165) is 24.1 Å². The quantitative estimate of drug-likeness (QED) is 0.766. The summed E-state index contributed by atoms with van der Waals surface area (Å²) in [6, 6.07) is 3.96. The average Bonchev–Trinajstić information content (AvgIpc) is 2.31. The van der Waals surface area contributed by atoms with Crippen LogP contribution in [0.15, 0.2) is 30.9 Å². The van der Waals surface area contributed by atoms with E-state index in [1.807, 2.05) is 12.1 Å². The second kappa shape index (κ2) is 5.03. The van der Waals surface area contributed by atoms with E-state index < -0.39 is 0 Å². The van der Waals surface area contributed by atoms with Gasteiger partial charge < -0.3 is 0 Å². The van der Waals surface area contributed by atoms with Crippen LogP contribution in [-0.2, 0) is 12.8 Å². The van der Waals surface area contributed by atoms with Gasteiger partial charge in [0.05, 0.1) is 5.69 Å². The van der Waals surface area contributed by atoms with Crippen molar-refractivity contribution in [3.63, 3.8) is 0 Å². The van der Waals surface area contributed by atoms with Crippen LogP contribution in [0.5, 0.6) is 0 Å². The second-order valence-corrected chi connectivity index (χ2v) is 3.83. The largest absolute Gasteiger partial charge is 0.265 e. The summed E-state index contributed by atoms with van der Waals surface area (Å²) >= 11 is 6.03. The molecule has 0 atom stereocenters. The van der Waals surface area contributed by atoms with E-state index in [1.165, 1.54) is 11.9 Å². The Morgan fingerprint density at radius 2 is 1.94 bits per heavy atom. The maximum Gasteiger partial charge on any atom is 0.135 e. The van der Waals surface area contributed by atoms with Gasteiger partial charge in [-0.1, -0.05) is 18.5 Å². The minimum Gasteiger partial charge on any atom is -0.265 e. The van der Waals surface area contributed by atoms with Crippen LogP contribution in [0.1, 0.15) is 23.7 Å². The predicted molar refractivity (Wildman–Crippen MR) is 63.5 cm³/mol. The molecule has 0 spiro atoms. The van der Waals surface area contributed by atoms with Gasteiger partial charge in [0, 0.05) is 24.4 Å². The molecule has 0 saturated heterocycles. The molecule has 0 bridgehead atoms. The number of aromatic nitrogens is 3. The summed E-state index contributed by atoms with van der Waals surface area (Å²) < 4.78 is 0. The number of nitrogens with zero attached hydrogens (tertiary/aromatic N) is 3. The molecule has 0 aliphatic rings. The molecule has 16 heavy (non-hydrogen) atoms. The summed E-state index contributed by atoms with van der Waals surface area (Å²) in [5, 5.41) is 0.557. The third-order valence-corrected chi connectivity index (χ3v) is 2.78. The Hall–Kier alpha value is -1.48. The first-order valence-electron chi connectivity index (χ1n) is 5.18. The minimum absolute atomic E-state index is 0.557. The van der Waals surface area contributed by atoms with Gasteiger partial charge in [-0.25, -0.2) is 9.97 Å². The SMILES string of the molecule is CCc1c(Cl)ncnc1Cc1ccncc1. The molecule has 0 radical (unpaired) electrons. The Kier molecular flexibility index (Phi) is 3.47. The first-order valence-corrected chi connectivity index (χ1v) is 5.56. The highest BCUT2D eigenvalue weighted by molar-refractivity contribution is 6.30. The van der Waals surface area contributed by atoms with Crippen LogP contribution in [0.25, 0.3) is 0 Å². The summed E-state index contributed by atoms with van der Waals surface area (Å²) in [5.41, 5.74) is 3.20. The van der Waals surface area contributed by atoms with Crippen LogP contribution in [0.4, 0.5) is 0 Å². The highest BCUT2D eigenvalue weighted by Crippen LogP contribution is 2.18. The van der Waals surface area contributed by atoms with Crippen molar-refractivity contribution in [1.82, 2.24) is 15.0 Å². The molecule has 82 valence electrons. The molecule has 0 aromatic carbocycles. The molecule has 2 aromatic rings. The zero-order valence-electron chi connectivity index (χ0n) is 9.02. The van der Waals surface area contributed by atoms with Crippen molar-refractivity contribution in [3.8, 4) is 0 Å². The van der Waals surface area contributed by atoms with Gasteiger partial charge in [0.1, 0.15) is 11.5 Å². The van der Waals surface area contributed by atoms with Gasteiger partial charge in [0.25, 0.3) is 0 Å². The normalized spacial score (nSPS) is 10.4. The molecule has 0 aliphatic heterocycles. The molecule has 0 fully saturated rings. The number of pyridine rings is 1. The van der Waals surface area contributed by atoms with Crippen LogP contribution >= 0.6 is 11.6 Å². The van der Waals surface area contributed by atoms with Gasteiger partial charge in [-0.15, -0.1) is 0 Å². The average molecular weight is 234 g/mol. The minimum atomic E-state index is 0.557. The van der Waals surface area contributed by atoms with E-state index in [2.05, 4.69) is 21.9 Å². The lowest BCUT2D eigenvalue weighted by molar-refractivity contribution is 0.947. The molecule has 2 heterocycles. The zero-order chi connectivity index (χ0) is 11.4. The smallest absolute Gasteiger partial charge is 0.135 e. The van der Waals surface area contributed by atoms with Crippen LogP contribution in [0, 0.1) is 0 Å². The fourth-order valence-corrected chi connectivity index (χ4v) is 1.91. The van der Waals surface area contributed by atoms with Gasteiger partial charge in [-0.3, -0.25) is 4.98 Å². The Morgan fingerprint density at radius 1 is 1.19 bits per heavy atom. The van der Waals surface area contributed by atoms with Crippen LogP contribution in [-0.4, -0.2) is 15.0 Å². The van der Waals surface area contributed by atoms with E-state index in [0.29, 0.717) is 5.15 Å². The van der Waals surface area contributed by atoms with E-state index in [-0.39, 0.29) is 0 Å². The van der Waals surface area contributed by atoms with Crippen LogP contribution < -0.4 is 0 Å². The van der Waals surface area contributed by atoms with Gasteiger partial charge in [0.2, 0.25) is 0 Å². The first-order chi connectivity index (χ1) is 7.81. The summed E-state index contributed by atoms with van der Waals surface area (Å²) in [6.45, 7) is 2.06. The molecule has 0 saturated carbocycles. The molecule has 2 rings (SSSR count). The maximum absolute atomic E-state index is 6.03. The second-order valence-electron chi connectivity index (χ2n) is 3.48. The fraction of sp³-hybridized carbons (Fsp3) is 0.250. The molecule has 3 nitrogen and oxygen atoms in total. The molecular weight excluding hydrogens is 222 g/mol. The van der Waals surface area contributed by atoms with Crippen molar-refractivity contribution in [2.75, 3.05) is 0 Å². The van der Waals surface area contributed by atoms with Gasteiger partial charge in [-0.2, -0.15) is 0 Å². The van der Waals surface area contributed by atoms with E-state index in [9.17, 15) is 0 Å². The van der Waals surface area contributed by atoms with Crippen molar-refractivity contribution in [1.29, 1.82) is 0 Å². The molecule has 2 aromatic heterocycles. The van der Waals surface area contributed by atoms with E-state index in [1.54, 1.807) is 12.4 Å². The maximum atomic E-state index is 6.03. The molecule has 4 heteroatoms. The molecule has 0 aliphatic carbocycles. The van der Waals surface area contributed by atoms with E-state index in [4.69, 9.17) is 11.6 Å². The Bertz CT molecular complexity index is 471. The van der Waals surface area contributed by atoms with Crippen molar-refractivity contribution in [3.05, 3.63) is 52.8 Å². The third kappa shape index (κ3) is 2.36. The Balaban J connectivity index is 2.31. The molecule has 0 N–H and O–H groups in total. The highest BCUT2D eigenvalue weighted by atomic mass is 35.5. The summed E-state index contributed by atoms with van der Waals surface area (Å²) in [5.74, 6) is 0. The van der Waals surface area contributed by atoms with Crippen LogP contribution in [0.2, 0.25) is 5.15 Å². The first kappa shape index (κ1) is 11.0. The topological polar surface area (TPSA) is 38.7 Å². The van der Waals surface area contributed by atoms with Gasteiger partial charge in [0.15, 0.2) is 0 Å². The molecule has 0 amide bonds. The molecule has 0 unspecified atom stereocenters. The monoisotopic (exact) mass is 233 g/mol. The van der Waals surface area contributed by atoms with Crippen LogP contribution in [0.3, 0.4) is 0 Å². The zero-order valence-corrected chi connectivity index (χ0v) is 9.78. The lowest BCUT2D eigenvalue weighted by Gasteiger charge is -2.07. The van der Waals surface area contributed by atoms with Crippen molar-refractivity contribution in [2.24, 2.45) is 0 Å². The highest BCUT2D eigenvalue weighted by Gasteiger charge is 2.08. The van der Waals surface area contributed by atoms with Crippen molar-refractivity contribution >= 4 is 11.6 Å². The van der Waals surface area contributed by atoms with Gasteiger partial charge in [-0.05, 0) is 24.1 Å². The Labute approximate surface area is 99.5 Å². The van der Waals surface area contributed by atoms with Gasteiger partial charge >= 0.3 is 0 Å². The number of rotatable bonds is 3. The number of hydrogen-bond acceptors (Lipinski definition) is 3. The standard InChI is InChI=1S/C12H12ClN3/c1-2-10-11(15-8-16-12(10)13)7-9-3-5-14-6-4-9/h3-6,8H,2,7H2,1H3. The number of hydrogen-bond donors (Lipinski definition) is 0. The fourth-order valence-electron chi connectivity index (χ4n) is 1.62. The summed E-state index contributed by atoms with van der Waals surface area (Å²) in [7, 11) is 0. The lowest BCUT2D eigenvalue weighted by Crippen LogP contribution is -2.00. The lowest BCUT2D eigenvalue weighted by atomic mass is 10.1. The predicted octanol–water partition coefficient (Wildman–Crippen LogP) is 2.68. The summed E-state index contributed by atoms with van der Waals surface area (Å²) in [6.07, 6.45) is 6.69. The molecular formula is C12H12ClN3. The Morgan fingerprint density at radius 3 is 2.62 bits per heavy atom. The number of halogens is 1. The summed E-state index contributed by atoms with van der Waals surface area (Å²) in [4.78, 5) is 12.3.